The second-order valence-electron chi connectivity index (χ2n) is 6.20. The molecule has 0 aromatic heterocycles. The minimum Gasteiger partial charge on any atom is -0.480 e. The Hall–Kier alpha value is -1.88. The van der Waals surface area contributed by atoms with E-state index in [0.29, 0.717) is 5.56 Å². The molecule has 1 aromatic carbocycles. The van der Waals surface area contributed by atoms with Gasteiger partial charge in [0.15, 0.2) is 0 Å². The summed E-state index contributed by atoms with van der Waals surface area (Å²) in [6.45, 7) is 6.94. The summed E-state index contributed by atoms with van der Waals surface area (Å²) in [6, 6.07) is 4.56. The normalized spacial score (nSPS) is 15.6. The average Bonchev–Trinajstić information content (AvgIpc) is 2.80. The van der Waals surface area contributed by atoms with Gasteiger partial charge < -0.3 is 15.7 Å². The highest BCUT2D eigenvalue weighted by Crippen LogP contribution is 2.21. The summed E-state index contributed by atoms with van der Waals surface area (Å²) in [6.07, 6.45) is 0. The molecule has 0 bridgehead atoms. The highest BCUT2D eigenvalue weighted by atomic mass is 16.4. The maximum Gasteiger partial charge on any atom is 0.326 e. The van der Waals surface area contributed by atoms with Gasteiger partial charge in [0.1, 0.15) is 6.04 Å². The lowest BCUT2D eigenvalue weighted by Gasteiger charge is -2.27. The molecule has 5 heteroatoms. The largest absolute Gasteiger partial charge is 0.480 e. The quantitative estimate of drug-likeness (QED) is 0.782. The maximum absolute atomic E-state index is 12.2. The van der Waals surface area contributed by atoms with Crippen LogP contribution in [0.3, 0.4) is 0 Å². The van der Waals surface area contributed by atoms with Crippen molar-refractivity contribution < 1.29 is 14.7 Å². The van der Waals surface area contributed by atoms with Gasteiger partial charge in [0.25, 0.3) is 5.91 Å². The summed E-state index contributed by atoms with van der Waals surface area (Å²) in [5.74, 6) is -1.37. The third-order valence-corrected chi connectivity index (χ3v) is 3.49. The minimum absolute atomic E-state index is 0.345. The average molecular weight is 276 g/mol. The van der Waals surface area contributed by atoms with Crippen LogP contribution < -0.4 is 10.6 Å². The van der Waals surface area contributed by atoms with Crippen molar-refractivity contribution in [3.05, 3.63) is 34.9 Å². The summed E-state index contributed by atoms with van der Waals surface area (Å²) in [5.41, 5.74) is 2.25. The van der Waals surface area contributed by atoms with Gasteiger partial charge in [-0.05, 0) is 28.7 Å². The number of carboxylic acids is 1. The van der Waals surface area contributed by atoms with Crippen molar-refractivity contribution in [1.29, 1.82) is 0 Å². The summed E-state index contributed by atoms with van der Waals surface area (Å²) in [5, 5.41) is 15.1. The van der Waals surface area contributed by atoms with Crippen LogP contribution in [0.25, 0.3) is 0 Å². The number of amides is 1. The zero-order valence-electron chi connectivity index (χ0n) is 12.0. The summed E-state index contributed by atoms with van der Waals surface area (Å²) in [4.78, 5) is 23.5. The van der Waals surface area contributed by atoms with Crippen molar-refractivity contribution in [3.8, 4) is 0 Å². The van der Waals surface area contributed by atoms with Crippen molar-refractivity contribution >= 4 is 11.9 Å². The molecule has 0 aliphatic carbocycles. The van der Waals surface area contributed by atoms with Crippen LogP contribution in [0.4, 0.5) is 0 Å². The van der Waals surface area contributed by atoms with E-state index in [9.17, 15) is 14.7 Å². The zero-order chi connectivity index (χ0) is 14.9. The molecule has 1 aliphatic rings. The van der Waals surface area contributed by atoms with Crippen LogP contribution in [-0.2, 0) is 17.9 Å². The number of carbonyl (C=O) groups excluding carboxylic acids is 1. The first kappa shape index (κ1) is 14.5. The van der Waals surface area contributed by atoms with Crippen LogP contribution in [0.2, 0.25) is 0 Å². The van der Waals surface area contributed by atoms with Crippen molar-refractivity contribution in [1.82, 2.24) is 10.6 Å². The van der Waals surface area contributed by atoms with E-state index < -0.39 is 17.4 Å². The van der Waals surface area contributed by atoms with Crippen LogP contribution in [0.5, 0.6) is 0 Å². The second-order valence-corrected chi connectivity index (χ2v) is 6.20. The van der Waals surface area contributed by atoms with Crippen LogP contribution in [-0.4, -0.2) is 23.0 Å². The first-order valence-electron chi connectivity index (χ1n) is 6.65. The van der Waals surface area contributed by atoms with Crippen LogP contribution in [0.1, 0.15) is 42.3 Å². The molecule has 108 valence electrons. The molecule has 0 saturated heterocycles. The molecule has 1 aromatic rings. The summed E-state index contributed by atoms with van der Waals surface area (Å²) < 4.78 is 0. The monoisotopic (exact) mass is 276 g/mol. The number of fused-ring (bicyclic) bond motifs is 1. The standard InChI is InChI=1S/C15H20N2O3/c1-15(2,3)12(14(19)20)17-13(18)9-4-5-10-7-16-8-11(10)6-9/h4-6,12,16H,7-8H2,1-3H3,(H,17,18)(H,19,20)/t12-/m1/s1. The second kappa shape index (κ2) is 5.25. The van der Waals surface area contributed by atoms with E-state index >= 15 is 0 Å². The summed E-state index contributed by atoms with van der Waals surface area (Å²) >= 11 is 0. The number of benzene rings is 1. The molecule has 3 N–H and O–H groups in total. The fourth-order valence-electron chi connectivity index (χ4n) is 2.30. The van der Waals surface area contributed by atoms with Gasteiger partial charge >= 0.3 is 5.97 Å². The number of rotatable bonds is 3. The van der Waals surface area contributed by atoms with E-state index in [1.165, 1.54) is 5.56 Å². The Kier molecular flexibility index (Phi) is 3.81. The lowest BCUT2D eigenvalue weighted by atomic mass is 9.86. The molecule has 1 heterocycles. The van der Waals surface area contributed by atoms with E-state index in [1.54, 1.807) is 26.8 Å². The Balaban J connectivity index is 2.17. The molecular weight excluding hydrogens is 256 g/mol. The first-order valence-corrected chi connectivity index (χ1v) is 6.65. The van der Waals surface area contributed by atoms with Gasteiger partial charge in [-0.25, -0.2) is 4.79 Å². The third-order valence-electron chi connectivity index (χ3n) is 3.49. The number of carboxylic acid groups (broad SMARTS) is 1. The molecule has 2 rings (SSSR count). The Morgan fingerprint density at radius 1 is 1.25 bits per heavy atom. The molecule has 1 amide bonds. The number of carbonyl (C=O) groups is 2. The maximum atomic E-state index is 12.2. The lowest BCUT2D eigenvalue weighted by molar-refractivity contribution is -0.142. The van der Waals surface area contributed by atoms with E-state index in [2.05, 4.69) is 10.6 Å². The van der Waals surface area contributed by atoms with E-state index in [1.807, 2.05) is 12.1 Å². The van der Waals surface area contributed by atoms with Gasteiger partial charge in [0.2, 0.25) is 0 Å². The van der Waals surface area contributed by atoms with Crippen LogP contribution in [0, 0.1) is 5.41 Å². The molecule has 0 spiro atoms. The Morgan fingerprint density at radius 2 is 1.90 bits per heavy atom. The molecule has 20 heavy (non-hydrogen) atoms. The number of aliphatic carboxylic acids is 1. The van der Waals surface area contributed by atoms with Crippen molar-refractivity contribution in [2.45, 2.75) is 39.9 Å². The molecule has 5 nitrogen and oxygen atoms in total. The number of nitrogens with one attached hydrogen (secondary N) is 2. The number of hydrogen-bond acceptors (Lipinski definition) is 3. The molecule has 1 aliphatic heterocycles. The Bertz CT molecular complexity index is 547. The lowest BCUT2D eigenvalue weighted by Crippen LogP contribution is -2.49. The highest BCUT2D eigenvalue weighted by Gasteiger charge is 2.32. The highest BCUT2D eigenvalue weighted by molar-refractivity contribution is 5.97. The zero-order valence-corrected chi connectivity index (χ0v) is 12.0. The van der Waals surface area contributed by atoms with Crippen LogP contribution in [0.15, 0.2) is 18.2 Å². The minimum atomic E-state index is -1.02. The van der Waals surface area contributed by atoms with Gasteiger partial charge in [-0.1, -0.05) is 26.8 Å². The molecule has 1 atom stereocenters. The topological polar surface area (TPSA) is 78.4 Å². The first-order chi connectivity index (χ1) is 9.29. The summed E-state index contributed by atoms with van der Waals surface area (Å²) in [7, 11) is 0. The molecule has 0 saturated carbocycles. The van der Waals surface area contributed by atoms with Crippen molar-refractivity contribution in [3.63, 3.8) is 0 Å². The number of hydrogen-bond donors (Lipinski definition) is 3. The van der Waals surface area contributed by atoms with Gasteiger partial charge in [-0.3, -0.25) is 4.79 Å². The van der Waals surface area contributed by atoms with E-state index in [-0.39, 0.29) is 5.91 Å². The van der Waals surface area contributed by atoms with E-state index in [4.69, 9.17) is 0 Å². The fraction of sp³-hybridized carbons (Fsp3) is 0.467. The van der Waals surface area contributed by atoms with Gasteiger partial charge in [0.05, 0.1) is 0 Å². The predicted octanol–water partition coefficient (Wildman–Crippen LogP) is 1.52. The van der Waals surface area contributed by atoms with Crippen molar-refractivity contribution in [2.24, 2.45) is 5.41 Å². The van der Waals surface area contributed by atoms with Gasteiger partial charge in [-0.2, -0.15) is 0 Å². The van der Waals surface area contributed by atoms with Gasteiger partial charge in [0, 0.05) is 18.7 Å². The smallest absolute Gasteiger partial charge is 0.326 e. The Morgan fingerprint density at radius 3 is 2.50 bits per heavy atom. The van der Waals surface area contributed by atoms with Gasteiger partial charge in [-0.15, -0.1) is 0 Å². The molecule has 0 fully saturated rings. The van der Waals surface area contributed by atoms with Crippen molar-refractivity contribution in [2.75, 3.05) is 0 Å². The Labute approximate surface area is 118 Å². The third kappa shape index (κ3) is 2.99. The van der Waals surface area contributed by atoms with E-state index in [0.717, 1.165) is 18.7 Å². The predicted molar refractivity (Wildman–Crippen MR) is 75.3 cm³/mol. The SMILES string of the molecule is CC(C)(C)[C@H](NC(=O)c1ccc2c(c1)CNC2)C(=O)O. The van der Waals surface area contributed by atoms with Crippen LogP contribution >= 0.6 is 0 Å². The molecule has 0 unspecified atom stereocenters. The molecule has 0 radical (unpaired) electrons. The fourth-order valence-corrected chi connectivity index (χ4v) is 2.30. The molecular formula is C15H20N2O3.